The minimum Gasteiger partial charge on any atom is -0.338 e. The number of piperidine rings is 1. The molecule has 0 aliphatic carbocycles. The SMILES string of the molecule is C=CC(=O)N1CC2(CCN(C(=O)c3nn4ccccc4c3-c3ccccc3Cl)[C@@H](C)C2)C1. The molecule has 0 saturated carbocycles. The summed E-state index contributed by atoms with van der Waals surface area (Å²) in [7, 11) is 0. The van der Waals surface area contributed by atoms with Crippen molar-refractivity contribution in [3.05, 3.63) is 72.0 Å². The second-order valence-electron chi connectivity index (χ2n) is 8.93. The van der Waals surface area contributed by atoms with Gasteiger partial charge in [0.05, 0.1) is 5.52 Å². The van der Waals surface area contributed by atoms with E-state index in [-0.39, 0.29) is 23.3 Å². The van der Waals surface area contributed by atoms with E-state index in [4.69, 9.17) is 11.6 Å². The van der Waals surface area contributed by atoms with Crippen LogP contribution in [0.5, 0.6) is 0 Å². The van der Waals surface area contributed by atoms with Crippen LogP contribution in [0.4, 0.5) is 0 Å². The first kappa shape index (κ1) is 20.8. The third-order valence-electron chi connectivity index (χ3n) is 6.83. The maximum absolute atomic E-state index is 13.8. The van der Waals surface area contributed by atoms with E-state index in [0.29, 0.717) is 17.3 Å². The van der Waals surface area contributed by atoms with Gasteiger partial charge in [0, 0.05) is 53.4 Å². The third kappa shape index (κ3) is 3.30. The van der Waals surface area contributed by atoms with Gasteiger partial charge in [-0.25, -0.2) is 4.52 Å². The van der Waals surface area contributed by atoms with Crippen molar-refractivity contribution in [2.75, 3.05) is 19.6 Å². The first-order valence-electron chi connectivity index (χ1n) is 10.9. The monoisotopic (exact) mass is 448 g/mol. The fourth-order valence-electron chi connectivity index (χ4n) is 5.27. The van der Waals surface area contributed by atoms with Crippen LogP contribution in [-0.4, -0.2) is 56.9 Å². The van der Waals surface area contributed by atoms with E-state index < -0.39 is 0 Å². The van der Waals surface area contributed by atoms with Gasteiger partial charge in [0.1, 0.15) is 0 Å². The number of halogens is 1. The molecule has 32 heavy (non-hydrogen) atoms. The van der Waals surface area contributed by atoms with Gasteiger partial charge in [-0.15, -0.1) is 0 Å². The number of nitrogens with zero attached hydrogens (tertiary/aromatic N) is 4. The first-order chi connectivity index (χ1) is 15.4. The highest BCUT2D eigenvalue weighted by molar-refractivity contribution is 6.33. The van der Waals surface area contributed by atoms with Gasteiger partial charge in [-0.1, -0.05) is 42.4 Å². The summed E-state index contributed by atoms with van der Waals surface area (Å²) in [4.78, 5) is 29.4. The van der Waals surface area contributed by atoms with Crippen LogP contribution in [0.1, 0.15) is 30.3 Å². The number of carbonyl (C=O) groups excluding carboxylic acids is 2. The van der Waals surface area contributed by atoms with E-state index >= 15 is 0 Å². The van der Waals surface area contributed by atoms with Crippen LogP contribution in [0.15, 0.2) is 61.3 Å². The van der Waals surface area contributed by atoms with Crippen LogP contribution < -0.4 is 0 Å². The Morgan fingerprint density at radius 3 is 2.66 bits per heavy atom. The van der Waals surface area contributed by atoms with Gasteiger partial charge >= 0.3 is 0 Å². The second kappa shape index (κ2) is 7.78. The number of fused-ring (bicyclic) bond motifs is 1. The molecule has 7 heteroatoms. The second-order valence-corrected chi connectivity index (χ2v) is 9.34. The zero-order valence-corrected chi connectivity index (χ0v) is 18.8. The molecule has 1 aromatic carbocycles. The number of benzene rings is 1. The van der Waals surface area contributed by atoms with Crippen molar-refractivity contribution >= 4 is 28.9 Å². The highest BCUT2D eigenvalue weighted by Crippen LogP contribution is 2.43. The fraction of sp³-hybridized carbons (Fsp3) is 0.320. The van der Waals surface area contributed by atoms with Crippen LogP contribution >= 0.6 is 11.6 Å². The lowest BCUT2D eigenvalue weighted by molar-refractivity contribution is -0.142. The molecule has 4 heterocycles. The first-order valence-corrected chi connectivity index (χ1v) is 11.2. The standard InChI is InChI=1S/C25H25ClN4O2/c1-3-21(31)28-15-25(16-28)11-13-29(17(2)14-25)24(32)23-22(18-8-4-5-9-19(18)26)20-10-6-7-12-30(20)27-23/h3-10,12,17H,1,11,13-16H2,2H3/t17-/m0/s1. The molecule has 2 saturated heterocycles. The average Bonchev–Trinajstić information content (AvgIpc) is 3.16. The normalized spacial score (nSPS) is 19.8. The minimum absolute atomic E-state index is 0.0177. The summed E-state index contributed by atoms with van der Waals surface area (Å²) in [5, 5.41) is 5.25. The maximum Gasteiger partial charge on any atom is 0.275 e. The van der Waals surface area contributed by atoms with Crippen molar-refractivity contribution in [3.63, 3.8) is 0 Å². The van der Waals surface area contributed by atoms with E-state index in [0.717, 1.165) is 42.6 Å². The molecule has 2 fully saturated rings. The molecule has 3 aromatic rings. The Labute approximate surface area is 192 Å². The van der Waals surface area contributed by atoms with Gasteiger partial charge < -0.3 is 9.80 Å². The molecule has 6 nitrogen and oxygen atoms in total. The zero-order valence-electron chi connectivity index (χ0n) is 18.0. The van der Waals surface area contributed by atoms with Gasteiger partial charge in [-0.2, -0.15) is 5.10 Å². The number of hydrogen-bond donors (Lipinski definition) is 0. The van der Waals surface area contributed by atoms with Crippen LogP contribution in [0.25, 0.3) is 16.6 Å². The molecular weight excluding hydrogens is 424 g/mol. The number of hydrogen-bond acceptors (Lipinski definition) is 3. The van der Waals surface area contributed by atoms with Gasteiger partial charge in [0.2, 0.25) is 5.91 Å². The van der Waals surface area contributed by atoms with Crippen molar-refractivity contribution in [1.29, 1.82) is 0 Å². The minimum atomic E-state index is -0.0793. The Hall–Kier alpha value is -3.12. The molecule has 0 N–H and O–H groups in total. The lowest BCUT2D eigenvalue weighted by Gasteiger charge is -2.55. The largest absolute Gasteiger partial charge is 0.338 e. The fourth-order valence-corrected chi connectivity index (χ4v) is 5.50. The van der Waals surface area contributed by atoms with E-state index in [1.807, 2.05) is 58.5 Å². The lowest BCUT2D eigenvalue weighted by atomic mass is 9.69. The highest BCUT2D eigenvalue weighted by atomic mass is 35.5. The van der Waals surface area contributed by atoms with Crippen LogP contribution in [0.3, 0.4) is 0 Å². The van der Waals surface area contributed by atoms with Gasteiger partial charge in [-0.05, 0) is 44.0 Å². The van der Waals surface area contributed by atoms with Crippen molar-refractivity contribution in [2.45, 2.75) is 25.8 Å². The Balaban J connectivity index is 1.45. The molecule has 2 amide bonds. The Morgan fingerprint density at radius 2 is 1.94 bits per heavy atom. The van der Waals surface area contributed by atoms with Crippen molar-refractivity contribution < 1.29 is 9.59 Å². The molecule has 0 unspecified atom stereocenters. The third-order valence-corrected chi connectivity index (χ3v) is 7.16. The molecule has 164 valence electrons. The summed E-state index contributed by atoms with van der Waals surface area (Å²) in [5.41, 5.74) is 2.93. The smallest absolute Gasteiger partial charge is 0.275 e. The zero-order chi connectivity index (χ0) is 22.5. The van der Waals surface area contributed by atoms with Gasteiger partial charge in [0.25, 0.3) is 5.91 Å². The van der Waals surface area contributed by atoms with Crippen LogP contribution in [-0.2, 0) is 4.79 Å². The van der Waals surface area contributed by atoms with Crippen LogP contribution in [0.2, 0.25) is 5.02 Å². The number of carbonyl (C=O) groups is 2. The molecule has 0 radical (unpaired) electrons. The molecule has 5 rings (SSSR count). The van der Waals surface area contributed by atoms with Crippen molar-refractivity contribution in [1.82, 2.24) is 19.4 Å². The van der Waals surface area contributed by atoms with Crippen molar-refractivity contribution in [2.24, 2.45) is 5.41 Å². The number of aromatic nitrogens is 2. The summed E-state index contributed by atoms with van der Waals surface area (Å²) < 4.78 is 1.74. The highest BCUT2D eigenvalue weighted by Gasteiger charge is 2.49. The summed E-state index contributed by atoms with van der Waals surface area (Å²) >= 11 is 6.52. The number of likely N-dealkylation sites (tertiary alicyclic amines) is 2. The van der Waals surface area contributed by atoms with Gasteiger partial charge in [0.15, 0.2) is 5.69 Å². The summed E-state index contributed by atoms with van der Waals surface area (Å²) in [6.45, 7) is 7.78. The van der Waals surface area contributed by atoms with E-state index in [9.17, 15) is 9.59 Å². The van der Waals surface area contributed by atoms with E-state index in [1.54, 1.807) is 4.52 Å². The number of pyridine rings is 1. The number of amides is 2. The summed E-state index contributed by atoms with van der Waals surface area (Å²) in [6.07, 6.45) is 4.96. The molecular formula is C25H25ClN4O2. The topological polar surface area (TPSA) is 57.9 Å². The van der Waals surface area contributed by atoms with E-state index in [1.165, 1.54) is 6.08 Å². The molecule has 0 bridgehead atoms. The molecule has 2 aliphatic heterocycles. The predicted octanol–water partition coefficient (Wildman–Crippen LogP) is 4.29. The predicted molar refractivity (Wildman–Crippen MR) is 125 cm³/mol. The summed E-state index contributed by atoms with van der Waals surface area (Å²) in [5.74, 6) is -0.0971. The lowest BCUT2D eigenvalue weighted by Crippen LogP contribution is -2.63. The maximum atomic E-state index is 13.8. The Kier molecular flexibility index (Phi) is 5.05. The van der Waals surface area contributed by atoms with E-state index in [2.05, 4.69) is 18.6 Å². The molecule has 2 aliphatic rings. The van der Waals surface area contributed by atoms with Crippen molar-refractivity contribution in [3.8, 4) is 11.1 Å². The Morgan fingerprint density at radius 1 is 1.19 bits per heavy atom. The quantitative estimate of drug-likeness (QED) is 0.561. The van der Waals surface area contributed by atoms with Gasteiger partial charge in [-0.3, -0.25) is 9.59 Å². The summed E-state index contributed by atoms with van der Waals surface area (Å²) in [6, 6.07) is 13.4. The molecule has 1 spiro atoms. The molecule has 2 aromatic heterocycles. The number of rotatable bonds is 3. The Bertz CT molecular complexity index is 1230. The molecule has 1 atom stereocenters. The van der Waals surface area contributed by atoms with Crippen LogP contribution in [0, 0.1) is 5.41 Å². The average molecular weight is 449 g/mol.